The molecule has 14 heavy (non-hydrogen) atoms. The van der Waals surface area contributed by atoms with Crippen LogP contribution in [0.5, 0.6) is 0 Å². The zero-order valence-electron chi connectivity index (χ0n) is 9.84. The molecule has 0 aromatic carbocycles. The summed E-state index contributed by atoms with van der Waals surface area (Å²) in [7, 11) is 0. The smallest absolute Gasteiger partial charge is 0.220 e. The topological polar surface area (TPSA) is 55.1 Å². The quantitative estimate of drug-likeness (QED) is 0.685. The minimum absolute atomic E-state index is 0.146. The molecule has 0 aromatic heterocycles. The minimum Gasteiger partial charge on any atom is -0.354 e. The average Bonchev–Trinajstić information content (AvgIpc) is 2.01. The molecule has 3 unspecified atom stereocenters. The van der Waals surface area contributed by atoms with Gasteiger partial charge in [-0.2, -0.15) is 0 Å². The van der Waals surface area contributed by atoms with Gasteiger partial charge in [-0.1, -0.05) is 20.3 Å². The van der Waals surface area contributed by atoms with Gasteiger partial charge in [0, 0.05) is 18.5 Å². The first-order chi connectivity index (χ1) is 6.45. The van der Waals surface area contributed by atoms with Crippen LogP contribution in [0.4, 0.5) is 0 Å². The van der Waals surface area contributed by atoms with E-state index in [4.69, 9.17) is 5.73 Å². The van der Waals surface area contributed by atoms with E-state index < -0.39 is 0 Å². The molecule has 3 atom stereocenters. The van der Waals surface area contributed by atoms with Crippen molar-refractivity contribution >= 4 is 5.91 Å². The Hall–Kier alpha value is -0.570. The molecule has 0 saturated heterocycles. The van der Waals surface area contributed by atoms with E-state index in [2.05, 4.69) is 19.2 Å². The molecule has 0 aliphatic rings. The summed E-state index contributed by atoms with van der Waals surface area (Å²) in [6.07, 6.45) is 2.52. The lowest BCUT2D eigenvalue weighted by molar-refractivity contribution is -0.122. The van der Waals surface area contributed by atoms with Crippen molar-refractivity contribution in [3.8, 4) is 0 Å². The van der Waals surface area contributed by atoms with Gasteiger partial charge >= 0.3 is 0 Å². The Labute approximate surface area is 87.4 Å². The van der Waals surface area contributed by atoms with Crippen LogP contribution in [-0.4, -0.2) is 18.0 Å². The molecule has 0 aliphatic heterocycles. The molecule has 3 nitrogen and oxygen atoms in total. The van der Waals surface area contributed by atoms with Crippen molar-refractivity contribution in [2.24, 2.45) is 11.7 Å². The molecular weight excluding hydrogens is 176 g/mol. The summed E-state index contributed by atoms with van der Waals surface area (Å²) in [5, 5.41) is 2.96. The third-order valence-corrected chi connectivity index (χ3v) is 2.36. The maximum Gasteiger partial charge on any atom is 0.220 e. The summed E-state index contributed by atoms with van der Waals surface area (Å²) in [5.41, 5.74) is 5.65. The molecule has 0 aliphatic carbocycles. The molecule has 0 spiro atoms. The summed E-state index contributed by atoms with van der Waals surface area (Å²) in [4.78, 5) is 11.5. The molecule has 0 bridgehead atoms. The zero-order valence-corrected chi connectivity index (χ0v) is 9.84. The molecule has 0 fully saturated rings. The molecule has 0 radical (unpaired) electrons. The third-order valence-electron chi connectivity index (χ3n) is 2.36. The lowest BCUT2D eigenvalue weighted by Gasteiger charge is -2.17. The van der Waals surface area contributed by atoms with E-state index in [0.29, 0.717) is 12.3 Å². The fourth-order valence-electron chi connectivity index (χ4n) is 1.41. The van der Waals surface area contributed by atoms with Crippen molar-refractivity contribution < 1.29 is 4.79 Å². The second kappa shape index (κ2) is 6.82. The lowest BCUT2D eigenvalue weighted by atomic mass is 10.0. The highest BCUT2D eigenvalue weighted by Gasteiger charge is 2.11. The number of nitrogens with two attached hydrogens (primary N) is 1. The van der Waals surface area contributed by atoms with Crippen molar-refractivity contribution in [3.05, 3.63) is 0 Å². The van der Waals surface area contributed by atoms with E-state index >= 15 is 0 Å². The number of hydrogen-bond acceptors (Lipinski definition) is 2. The van der Waals surface area contributed by atoms with Crippen molar-refractivity contribution in [3.63, 3.8) is 0 Å². The molecule has 0 heterocycles. The number of carbonyl (C=O) groups is 1. The van der Waals surface area contributed by atoms with E-state index in [9.17, 15) is 4.79 Å². The Morgan fingerprint density at radius 2 is 1.93 bits per heavy atom. The summed E-state index contributed by atoms with van der Waals surface area (Å²) in [6.45, 7) is 8.15. The van der Waals surface area contributed by atoms with Crippen LogP contribution in [0.1, 0.15) is 47.0 Å². The first kappa shape index (κ1) is 13.4. The number of hydrogen-bond donors (Lipinski definition) is 2. The van der Waals surface area contributed by atoms with E-state index in [1.807, 2.05) is 13.8 Å². The fourth-order valence-corrected chi connectivity index (χ4v) is 1.41. The standard InChI is InChI=1S/C11H24N2O/c1-5-8(2)6-11(14)13-10(4)7-9(3)12/h8-10H,5-7,12H2,1-4H3,(H,13,14). The van der Waals surface area contributed by atoms with Gasteiger partial charge in [0.2, 0.25) is 5.91 Å². The Kier molecular flexibility index (Phi) is 6.54. The Morgan fingerprint density at radius 1 is 1.36 bits per heavy atom. The summed E-state index contributed by atoms with van der Waals surface area (Å²) in [5.74, 6) is 0.616. The summed E-state index contributed by atoms with van der Waals surface area (Å²) in [6, 6.07) is 0.334. The van der Waals surface area contributed by atoms with E-state index in [1.54, 1.807) is 0 Å². The first-order valence-electron chi connectivity index (χ1n) is 5.50. The summed E-state index contributed by atoms with van der Waals surface area (Å²) < 4.78 is 0. The molecule has 0 saturated carbocycles. The number of carbonyl (C=O) groups excluding carboxylic acids is 1. The molecule has 3 heteroatoms. The van der Waals surface area contributed by atoms with Gasteiger partial charge in [0.05, 0.1) is 0 Å². The van der Waals surface area contributed by atoms with Gasteiger partial charge in [0.1, 0.15) is 0 Å². The van der Waals surface area contributed by atoms with Crippen molar-refractivity contribution in [1.82, 2.24) is 5.32 Å². The van der Waals surface area contributed by atoms with Gasteiger partial charge in [0.25, 0.3) is 0 Å². The summed E-state index contributed by atoms with van der Waals surface area (Å²) >= 11 is 0. The minimum atomic E-state index is 0.146. The number of amides is 1. The predicted molar refractivity (Wildman–Crippen MR) is 59.9 cm³/mol. The first-order valence-corrected chi connectivity index (χ1v) is 5.50. The fraction of sp³-hybridized carbons (Fsp3) is 0.909. The van der Waals surface area contributed by atoms with Crippen LogP contribution in [-0.2, 0) is 4.79 Å². The maximum absolute atomic E-state index is 11.5. The monoisotopic (exact) mass is 200 g/mol. The van der Waals surface area contributed by atoms with Crippen LogP contribution < -0.4 is 11.1 Å². The van der Waals surface area contributed by atoms with Crippen LogP contribution >= 0.6 is 0 Å². The molecule has 0 rings (SSSR count). The number of rotatable bonds is 6. The van der Waals surface area contributed by atoms with Crippen LogP contribution in [0.2, 0.25) is 0 Å². The van der Waals surface area contributed by atoms with Gasteiger partial charge in [0.15, 0.2) is 0 Å². The third kappa shape index (κ3) is 6.89. The van der Waals surface area contributed by atoms with Gasteiger partial charge in [-0.15, -0.1) is 0 Å². The largest absolute Gasteiger partial charge is 0.354 e. The van der Waals surface area contributed by atoms with Crippen LogP contribution in [0.3, 0.4) is 0 Å². The van der Waals surface area contributed by atoms with Crippen molar-refractivity contribution in [2.45, 2.75) is 59.0 Å². The second-order valence-corrected chi connectivity index (χ2v) is 4.40. The molecule has 3 N–H and O–H groups in total. The number of nitrogens with one attached hydrogen (secondary N) is 1. The molecular formula is C11H24N2O. The SMILES string of the molecule is CCC(C)CC(=O)NC(C)CC(C)N. The average molecular weight is 200 g/mol. The Morgan fingerprint density at radius 3 is 2.36 bits per heavy atom. The van der Waals surface area contributed by atoms with Gasteiger partial charge in [-0.3, -0.25) is 4.79 Å². The highest BCUT2D eigenvalue weighted by molar-refractivity contribution is 5.76. The van der Waals surface area contributed by atoms with Gasteiger partial charge in [-0.25, -0.2) is 0 Å². The predicted octanol–water partition coefficient (Wildman–Crippen LogP) is 1.66. The lowest BCUT2D eigenvalue weighted by Crippen LogP contribution is -2.37. The molecule has 1 amide bonds. The van der Waals surface area contributed by atoms with Crippen LogP contribution in [0, 0.1) is 5.92 Å². The Bertz CT molecular complexity index is 169. The van der Waals surface area contributed by atoms with Gasteiger partial charge in [-0.05, 0) is 26.2 Å². The van der Waals surface area contributed by atoms with Crippen molar-refractivity contribution in [2.75, 3.05) is 0 Å². The molecule has 0 aromatic rings. The second-order valence-electron chi connectivity index (χ2n) is 4.40. The normalized spacial score (nSPS) is 17.2. The van der Waals surface area contributed by atoms with Crippen molar-refractivity contribution in [1.29, 1.82) is 0 Å². The van der Waals surface area contributed by atoms with E-state index in [-0.39, 0.29) is 18.0 Å². The van der Waals surface area contributed by atoms with Crippen LogP contribution in [0.25, 0.3) is 0 Å². The zero-order chi connectivity index (χ0) is 11.1. The highest BCUT2D eigenvalue weighted by Crippen LogP contribution is 2.06. The molecule has 84 valence electrons. The van der Waals surface area contributed by atoms with Gasteiger partial charge < -0.3 is 11.1 Å². The van der Waals surface area contributed by atoms with E-state index in [1.165, 1.54) is 0 Å². The Balaban J connectivity index is 3.71. The van der Waals surface area contributed by atoms with E-state index in [0.717, 1.165) is 12.8 Å². The highest BCUT2D eigenvalue weighted by atomic mass is 16.1. The van der Waals surface area contributed by atoms with Crippen LogP contribution in [0.15, 0.2) is 0 Å². The maximum atomic E-state index is 11.5.